The van der Waals surface area contributed by atoms with Crippen LogP contribution in [0.3, 0.4) is 0 Å². The predicted molar refractivity (Wildman–Crippen MR) is 120 cm³/mol. The molecule has 0 aliphatic carbocycles. The second kappa shape index (κ2) is 9.44. The molecule has 1 N–H and O–H groups in total. The lowest BCUT2D eigenvalue weighted by atomic mass is 9.97. The van der Waals surface area contributed by atoms with Crippen LogP contribution in [0.1, 0.15) is 24.0 Å². The van der Waals surface area contributed by atoms with Crippen molar-refractivity contribution in [2.24, 2.45) is 5.92 Å². The summed E-state index contributed by atoms with van der Waals surface area (Å²) in [5, 5.41) is 9.68. The van der Waals surface area contributed by atoms with Crippen LogP contribution in [-0.2, 0) is 16.1 Å². The van der Waals surface area contributed by atoms with E-state index in [0.717, 1.165) is 18.4 Å². The number of carbonyl (C=O) groups excluding carboxylic acids is 2. The average molecular weight is 437 g/mol. The van der Waals surface area contributed by atoms with Crippen molar-refractivity contribution >= 4 is 17.4 Å². The molecule has 1 atom stereocenters. The maximum Gasteiger partial charge on any atom is 0.278 e. The summed E-state index contributed by atoms with van der Waals surface area (Å²) < 4.78 is 10.7. The molecule has 2 aliphatic heterocycles. The molecule has 2 aromatic rings. The number of hydrogen-bond donors (Lipinski definition) is 1. The summed E-state index contributed by atoms with van der Waals surface area (Å²) in [5.74, 6) is 0.750. The zero-order chi connectivity index (χ0) is 22.7. The number of hydrogen-bond acceptors (Lipinski definition) is 6. The van der Waals surface area contributed by atoms with E-state index in [0.29, 0.717) is 41.4 Å². The minimum absolute atomic E-state index is 0.0642. The second-order valence-electron chi connectivity index (χ2n) is 8.10. The fourth-order valence-corrected chi connectivity index (χ4v) is 4.44. The van der Waals surface area contributed by atoms with Gasteiger partial charge in [0.15, 0.2) is 0 Å². The monoisotopic (exact) mass is 436 g/mol. The van der Waals surface area contributed by atoms with Gasteiger partial charge >= 0.3 is 0 Å². The summed E-state index contributed by atoms with van der Waals surface area (Å²) in [6.07, 6.45) is 1.77. The van der Waals surface area contributed by atoms with Crippen molar-refractivity contribution < 1.29 is 24.2 Å². The summed E-state index contributed by atoms with van der Waals surface area (Å²) in [6, 6.07) is 14.6. The molecule has 2 heterocycles. The summed E-state index contributed by atoms with van der Waals surface area (Å²) in [6.45, 7) is 1.41. The van der Waals surface area contributed by atoms with E-state index in [2.05, 4.69) is 0 Å². The molecule has 0 radical (unpaired) electrons. The lowest BCUT2D eigenvalue weighted by Crippen LogP contribution is -2.40. The quantitative estimate of drug-likeness (QED) is 0.673. The van der Waals surface area contributed by atoms with E-state index in [1.165, 1.54) is 4.90 Å². The first-order valence-corrected chi connectivity index (χ1v) is 10.8. The van der Waals surface area contributed by atoms with Gasteiger partial charge in [0.25, 0.3) is 11.8 Å². The smallest absolute Gasteiger partial charge is 0.278 e. The number of carbonyl (C=O) groups is 2. The normalized spacial score (nSPS) is 19.0. The van der Waals surface area contributed by atoms with E-state index in [4.69, 9.17) is 9.47 Å². The molecule has 4 rings (SSSR count). The number of aliphatic hydroxyl groups excluding tert-OH is 1. The molecule has 2 aliphatic rings. The molecule has 1 fully saturated rings. The first-order valence-electron chi connectivity index (χ1n) is 10.8. The SMILES string of the molecule is COc1ccc(C2=C(N3CCCC(CO)C3)C(=O)N(Cc3ccccc3OC)C2=O)cc1. The van der Waals surface area contributed by atoms with Gasteiger partial charge in [0.2, 0.25) is 0 Å². The summed E-state index contributed by atoms with van der Waals surface area (Å²) in [7, 11) is 3.16. The fourth-order valence-electron chi connectivity index (χ4n) is 4.44. The van der Waals surface area contributed by atoms with Gasteiger partial charge < -0.3 is 19.5 Å². The lowest BCUT2D eigenvalue weighted by Gasteiger charge is -2.34. The van der Waals surface area contributed by atoms with Gasteiger partial charge in [-0.3, -0.25) is 14.5 Å². The summed E-state index contributed by atoms with van der Waals surface area (Å²) >= 11 is 0. The number of amides is 2. The first-order chi connectivity index (χ1) is 15.6. The van der Waals surface area contributed by atoms with Crippen molar-refractivity contribution in [3.8, 4) is 11.5 Å². The van der Waals surface area contributed by atoms with Crippen LogP contribution in [0, 0.1) is 5.92 Å². The Morgan fingerprint density at radius 2 is 1.75 bits per heavy atom. The first kappa shape index (κ1) is 21.9. The van der Waals surface area contributed by atoms with Crippen molar-refractivity contribution in [2.75, 3.05) is 33.9 Å². The zero-order valence-corrected chi connectivity index (χ0v) is 18.4. The fraction of sp³-hybridized carbons (Fsp3) is 0.360. The maximum atomic E-state index is 13.6. The van der Waals surface area contributed by atoms with Crippen molar-refractivity contribution in [1.82, 2.24) is 9.80 Å². The van der Waals surface area contributed by atoms with Crippen LogP contribution in [0.5, 0.6) is 11.5 Å². The van der Waals surface area contributed by atoms with Crippen LogP contribution >= 0.6 is 0 Å². The van der Waals surface area contributed by atoms with E-state index in [-0.39, 0.29) is 30.9 Å². The van der Waals surface area contributed by atoms with E-state index in [1.54, 1.807) is 38.5 Å². The molecule has 0 saturated carbocycles. The third-order valence-electron chi connectivity index (χ3n) is 6.14. The highest BCUT2D eigenvalue weighted by atomic mass is 16.5. The van der Waals surface area contributed by atoms with Crippen LogP contribution in [-0.4, -0.2) is 60.6 Å². The number of piperidine rings is 1. The molecular weight excluding hydrogens is 408 g/mol. The molecule has 0 bridgehead atoms. The predicted octanol–water partition coefficient (Wildman–Crippen LogP) is 2.69. The van der Waals surface area contributed by atoms with E-state index in [9.17, 15) is 14.7 Å². The highest BCUT2D eigenvalue weighted by Gasteiger charge is 2.42. The largest absolute Gasteiger partial charge is 0.497 e. The molecule has 7 nitrogen and oxygen atoms in total. The Labute approximate surface area is 187 Å². The highest BCUT2D eigenvalue weighted by molar-refractivity contribution is 6.35. The number of nitrogens with zero attached hydrogens (tertiary/aromatic N) is 2. The van der Waals surface area contributed by atoms with Gasteiger partial charge in [-0.2, -0.15) is 0 Å². The Kier molecular flexibility index (Phi) is 6.46. The number of para-hydroxylation sites is 1. The maximum absolute atomic E-state index is 13.6. The number of methoxy groups -OCH3 is 2. The molecular formula is C25H28N2O5. The van der Waals surface area contributed by atoms with Gasteiger partial charge in [-0.25, -0.2) is 0 Å². The highest BCUT2D eigenvalue weighted by Crippen LogP contribution is 2.36. The minimum atomic E-state index is -0.327. The van der Waals surface area contributed by atoms with E-state index in [1.807, 2.05) is 29.2 Å². The Morgan fingerprint density at radius 3 is 2.44 bits per heavy atom. The molecule has 0 aromatic heterocycles. The standard InChI is InChI=1S/C25H28N2O5/c1-31-20-11-9-18(10-12-20)22-23(26-13-5-6-17(14-26)16-28)25(30)27(24(22)29)15-19-7-3-4-8-21(19)32-2/h3-4,7-12,17,28H,5-6,13-16H2,1-2H3. The van der Waals surface area contributed by atoms with Crippen LogP contribution in [0.25, 0.3) is 5.57 Å². The van der Waals surface area contributed by atoms with Gasteiger partial charge in [-0.15, -0.1) is 0 Å². The Balaban J connectivity index is 1.74. The number of aliphatic hydroxyl groups is 1. The van der Waals surface area contributed by atoms with Crippen molar-refractivity contribution in [3.05, 3.63) is 65.4 Å². The van der Waals surface area contributed by atoms with Crippen molar-refractivity contribution in [1.29, 1.82) is 0 Å². The molecule has 32 heavy (non-hydrogen) atoms. The summed E-state index contributed by atoms with van der Waals surface area (Å²) in [4.78, 5) is 30.4. The molecule has 2 amide bonds. The third-order valence-corrected chi connectivity index (χ3v) is 6.14. The molecule has 2 aromatic carbocycles. The average Bonchev–Trinajstić information content (AvgIpc) is 3.09. The van der Waals surface area contributed by atoms with Gasteiger partial charge in [-0.05, 0) is 42.5 Å². The Hall–Kier alpha value is -3.32. The third kappa shape index (κ3) is 4.08. The van der Waals surface area contributed by atoms with E-state index < -0.39 is 0 Å². The van der Waals surface area contributed by atoms with Gasteiger partial charge in [0.1, 0.15) is 17.2 Å². The lowest BCUT2D eigenvalue weighted by molar-refractivity contribution is -0.138. The van der Waals surface area contributed by atoms with Crippen molar-refractivity contribution in [2.45, 2.75) is 19.4 Å². The summed E-state index contributed by atoms with van der Waals surface area (Å²) in [5.41, 5.74) is 2.24. The van der Waals surface area contributed by atoms with Crippen molar-refractivity contribution in [3.63, 3.8) is 0 Å². The minimum Gasteiger partial charge on any atom is -0.497 e. The number of ether oxygens (including phenoxy) is 2. The Bertz CT molecular complexity index is 1030. The molecule has 1 unspecified atom stereocenters. The number of likely N-dealkylation sites (tertiary alicyclic amines) is 1. The van der Waals surface area contributed by atoms with Crippen LogP contribution in [0.15, 0.2) is 54.2 Å². The zero-order valence-electron chi connectivity index (χ0n) is 18.4. The van der Waals surface area contributed by atoms with Crippen LogP contribution < -0.4 is 9.47 Å². The number of rotatable bonds is 7. The second-order valence-corrected chi connectivity index (χ2v) is 8.10. The van der Waals surface area contributed by atoms with Crippen LogP contribution in [0.4, 0.5) is 0 Å². The Morgan fingerprint density at radius 1 is 1.00 bits per heavy atom. The van der Waals surface area contributed by atoms with Gasteiger partial charge in [-0.1, -0.05) is 30.3 Å². The molecule has 168 valence electrons. The topological polar surface area (TPSA) is 79.3 Å². The number of imide groups is 1. The molecule has 0 spiro atoms. The van der Waals surface area contributed by atoms with Gasteiger partial charge in [0.05, 0.1) is 26.3 Å². The van der Waals surface area contributed by atoms with E-state index >= 15 is 0 Å². The molecule has 1 saturated heterocycles. The number of benzene rings is 2. The van der Waals surface area contributed by atoms with Crippen LogP contribution in [0.2, 0.25) is 0 Å². The molecule has 7 heteroatoms. The van der Waals surface area contributed by atoms with Gasteiger partial charge in [0, 0.05) is 25.3 Å².